The number of aliphatic hydroxyl groups is 1. The molecule has 1 heterocycles. The lowest BCUT2D eigenvalue weighted by Crippen LogP contribution is -2.30. The highest BCUT2D eigenvalue weighted by Gasteiger charge is 2.16. The van der Waals surface area contributed by atoms with Gasteiger partial charge in [0.1, 0.15) is 0 Å². The van der Waals surface area contributed by atoms with Gasteiger partial charge in [-0.05, 0) is 43.0 Å². The lowest BCUT2D eigenvalue weighted by Gasteiger charge is -2.17. The second-order valence-corrected chi connectivity index (χ2v) is 5.70. The van der Waals surface area contributed by atoms with Crippen molar-refractivity contribution in [1.82, 2.24) is 5.32 Å². The Kier molecular flexibility index (Phi) is 5.36. The van der Waals surface area contributed by atoms with Crippen molar-refractivity contribution in [3.63, 3.8) is 0 Å². The van der Waals surface area contributed by atoms with Gasteiger partial charge in [-0.3, -0.25) is 0 Å². The molecule has 0 aliphatic carbocycles. The molecule has 1 aliphatic heterocycles. The third kappa shape index (κ3) is 4.03. The minimum Gasteiger partial charge on any atom is -0.454 e. The molecule has 2 rings (SSSR count). The Morgan fingerprint density at radius 2 is 2.16 bits per heavy atom. The summed E-state index contributed by atoms with van der Waals surface area (Å²) in [6, 6.07) is 5.99. The summed E-state index contributed by atoms with van der Waals surface area (Å²) < 4.78 is 10.6. The molecule has 0 spiro atoms. The average molecular weight is 283 g/mol. The van der Waals surface area contributed by atoms with Crippen molar-refractivity contribution in [3.8, 4) is 11.5 Å². The molecule has 0 aromatic heterocycles. The van der Waals surface area contributed by atoms with Crippen molar-refractivity contribution < 1.29 is 14.6 Å². The van der Waals surface area contributed by atoms with E-state index in [1.165, 1.54) is 0 Å². The zero-order chi connectivity index (χ0) is 13.7. The Labute approximate surface area is 118 Å². The van der Waals surface area contributed by atoms with E-state index in [1.54, 1.807) is 0 Å². The third-order valence-corrected chi connectivity index (χ3v) is 3.84. The minimum atomic E-state index is -0.522. The van der Waals surface area contributed by atoms with Gasteiger partial charge in [0.05, 0.1) is 6.10 Å². The van der Waals surface area contributed by atoms with E-state index in [9.17, 15) is 5.11 Å². The number of hydrogen-bond donors (Lipinski definition) is 2. The monoisotopic (exact) mass is 283 g/mol. The Morgan fingerprint density at radius 1 is 1.37 bits per heavy atom. The van der Waals surface area contributed by atoms with Crippen molar-refractivity contribution in [2.24, 2.45) is 0 Å². The molecule has 1 aromatic rings. The van der Waals surface area contributed by atoms with Crippen LogP contribution in [0.4, 0.5) is 0 Å². The molecule has 0 radical (unpaired) electrons. The fourth-order valence-electron chi connectivity index (χ4n) is 1.95. The number of nitrogens with one attached hydrogen (secondary N) is 1. The Balaban J connectivity index is 1.84. The van der Waals surface area contributed by atoms with Gasteiger partial charge in [0.15, 0.2) is 11.5 Å². The molecule has 106 valence electrons. The van der Waals surface area contributed by atoms with E-state index in [4.69, 9.17) is 9.47 Å². The predicted octanol–water partition coefficient (Wildman–Crippen LogP) is 2.18. The zero-order valence-corrected chi connectivity index (χ0v) is 12.2. The maximum Gasteiger partial charge on any atom is 0.231 e. The molecule has 0 fully saturated rings. The van der Waals surface area contributed by atoms with E-state index in [0.717, 1.165) is 23.5 Å². The van der Waals surface area contributed by atoms with Gasteiger partial charge >= 0.3 is 0 Å². The first kappa shape index (κ1) is 14.5. The third-order valence-electron chi connectivity index (χ3n) is 3.20. The second-order valence-electron chi connectivity index (χ2n) is 4.72. The largest absolute Gasteiger partial charge is 0.454 e. The number of fused-ring (bicyclic) bond motifs is 1. The number of benzene rings is 1. The molecule has 1 aromatic carbocycles. The highest BCUT2D eigenvalue weighted by molar-refractivity contribution is 7.98. The minimum absolute atomic E-state index is 0.263. The average Bonchev–Trinajstić information content (AvgIpc) is 2.89. The molecule has 5 heteroatoms. The van der Waals surface area contributed by atoms with E-state index in [2.05, 4.69) is 18.5 Å². The predicted molar refractivity (Wildman–Crippen MR) is 78.0 cm³/mol. The standard InChI is InChI=1S/C14H21NO3S/c1-10(5-6-19-2)15-8-12(16)11-3-4-13-14(7-11)18-9-17-13/h3-4,7,10,12,15-16H,5-6,8-9H2,1-2H3. The first-order valence-electron chi connectivity index (χ1n) is 6.50. The van der Waals surface area contributed by atoms with Crippen molar-refractivity contribution in [1.29, 1.82) is 0 Å². The summed E-state index contributed by atoms with van der Waals surface area (Å²) in [5.41, 5.74) is 0.855. The van der Waals surface area contributed by atoms with Crippen LogP contribution in [0.25, 0.3) is 0 Å². The van der Waals surface area contributed by atoms with Gasteiger partial charge in [-0.25, -0.2) is 0 Å². The highest BCUT2D eigenvalue weighted by atomic mass is 32.2. The van der Waals surface area contributed by atoms with Crippen LogP contribution in [0.1, 0.15) is 25.0 Å². The van der Waals surface area contributed by atoms with Crippen LogP contribution in [0, 0.1) is 0 Å². The summed E-state index contributed by atoms with van der Waals surface area (Å²) in [5.74, 6) is 2.60. The molecule has 0 amide bonds. The summed E-state index contributed by atoms with van der Waals surface area (Å²) in [5, 5.41) is 13.5. The van der Waals surface area contributed by atoms with E-state index in [1.807, 2.05) is 30.0 Å². The molecule has 2 atom stereocenters. The molecular weight excluding hydrogens is 262 g/mol. The molecule has 0 saturated heterocycles. The fourth-order valence-corrected chi connectivity index (χ4v) is 2.54. The van der Waals surface area contributed by atoms with Crippen molar-refractivity contribution in [2.45, 2.75) is 25.5 Å². The number of thioether (sulfide) groups is 1. The van der Waals surface area contributed by atoms with E-state index < -0.39 is 6.10 Å². The van der Waals surface area contributed by atoms with Crippen LogP contribution in [0.5, 0.6) is 11.5 Å². The summed E-state index contributed by atoms with van der Waals surface area (Å²) in [7, 11) is 0. The van der Waals surface area contributed by atoms with Crippen LogP contribution < -0.4 is 14.8 Å². The molecule has 1 aliphatic rings. The lowest BCUT2D eigenvalue weighted by molar-refractivity contribution is 0.168. The molecular formula is C14H21NO3S. The van der Waals surface area contributed by atoms with Crippen LogP contribution in [-0.2, 0) is 0 Å². The first-order chi connectivity index (χ1) is 9.20. The Bertz CT molecular complexity index is 414. The fraction of sp³-hybridized carbons (Fsp3) is 0.571. The van der Waals surface area contributed by atoms with Gasteiger partial charge in [0, 0.05) is 12.6 Å². The van der Waals surface area contributed by atoms with E-state index in [-0.39, 0.29) is 6.79 Å². The van der Waals surface area contributed by atoms with Crippen LogP contribution in [0.15, 0.2) is 18.2 Å². The van der Waals surface area contributed by atoms with Crippen LogP contribution in [0.3, 0.4) is 0 Å². The Morgan fingerprint density at radius 3 is 2.95 bits per heavy atom. The van der Waals surface area contributed by atoms with Gasteiger partial charge in [-0.2, -0.15) is 11.8 Å². The van der Waals surface area contributed by atoms with Crippen LogP contribution in [-0.4, -0.2) is 36.5 Å². The summed E-state index contributed by atoms with van der Waals surface area (Å²) in [4.78, 5) is 0. The van der Waals surface area contributed by atoms with Crippen molar-refractivity contribution in [3.05, 3.63) is 23.8 Å². The normalized spacial score (nSPS) is 16.4. The van der Waals surface area contributed by atoms with Crippen molar-refractivity contribution >= 4 is 11.8 Å². The van der Waals surface area contributed by atoms with Gasteiger partial charge in [-0.1, -0.05) is 6.07 Å². The maximum atomic E-state index is 10.2. The van der Waals surface area contributed by atoms with E-state index >= 15 is 0 Å². The van der Waals surface area contributed by atoms with Crippen LogP contribution >= 0.6 is 11.8 Å². The lowest BCUT2D eigenvalue weighted by atomic mass is 10.1. The van der Waals surface area contributed by atoms with Gasteiger partial charge < -0.3 is 19.9 Å². The molecule has 4 nitrogen and oxygen atoms in total. The second kappa shape index (κ2) is 7.03. The SMILES string of the molecule is CSCCC(C)NCC(O)c1ccc2c(c1)OCO2. The maximum absolute atomic E-state index is 10.2. The number of ether oxygens (including phenoxy) is 2. The summed E-state index contributed by atoms with van der Waals surface area (Å²) in [6.45, 7) is 2.95. The first-order valence-corrected chi connectivity index (χ1v) is 7.90. The van der Waals surface area contributed by atoms with Gasteiger partial charge in [-0.15, -0.1) is 0 Å². The van der Waals surface area contributed by atoms with Gasteiger partial charge in [0.2, 0.25) is 6.79 Å². The van der Waals surface area contributed by atoms with E-state index in [0.29, 0.717) is 18.3 Å². The van der Waals surface area contributed by atoms with Gasteiger partial charge in [0.25, 0.3) is 0 Å². The zero-order valence-electron chi connectivity index (χ0n) is 11.4. The summed E-state index contributed by atoms with van der Waals surface area (Å²) in [6.07, 6.45) is 2.69. The molecule has 19 heavy (non-hydrogen) atoms. The highest BCUT2D eigenvalue weighted by Crippen LogP contribution is 2.34. The number of hydrogen-bond acceptors (Lipinski definition) is 5. The molecule has 2 unspecified atom stereocenters. The quantitative estimate of drug-likeness (QED) is 0.803. The summed E-state index contributed by atoms with van der Waals surface area (Å²) >= 11 is 1.84. The number of aliphatic hydroxyl groups excluding tert-OH is 1. The topological polar surface area (TPSA) is 50.7 Å². The molecule has 0 bridgehead atoms. The number of rotatable bonds is 7. The van der Waals surface area contributed by atoms with Crippen LogP contribution in [0.2, 0.25) is 0 Å². The smallest absolute Gasteiger partial charge is 0.231 e. The molecule has 0 saturated carbocycles. The Hall–Kier alpha value is -0.910. The molecule has 2 N–H and O–H groups in total. The van der Waals surface area contributed by atoms with Crippen molar-refractivity contribution in [2.75, 3.05) is 25.3 Å².